The van der Waals surface area contributed by atoms with Crippen LogP contribution in [0.15, 0.2) is 6.07 Å². The van der Waals surface area contributed by atoms with E-state index in [0.717, 1.165) is 7.11 Å². The monoisotopic (exact) mass is 260 g/mol. The van der Waals surface area contributed by atoms with Gasteiger partial charge in [0.1, 0.15) is 0 Å². The molecule has 0 spiro atoms. The number of phenols is 1. The van der Waals surface area contributed by atoms with Gasteiger partial charge in [0, 0.05) is 11.6 Å². The van der Waals surface area contributed by atoms with Crippen molar-refractivity contribution in [1.29, 1.82) is 0 Å². The van der Waals surface area contributed by atoms with Gasteiger partial charge in [-0.25, -0.2) is 8.78 Å². The highest BCUT2D eigenvalue weighted by molar-refractivity contribution is 5.74. The molecular weight excluding hydrogens is 246 g/mol. The van der Waals surface area contributed by atoms with Crippen LogP contribution in [0.5, 0.6) is 11.5 Å². The Bertz CT molecular complexity index is 483. The summed E-state index contributed by atoms with van der Waals surface area (Å²) in [6, 6.07) is 0.492. The molecule has 0 aliphatic heterocycles. The van der Waals surface area contributed by atoms with Gasteiger partial charge in [0.2, 0.25) is 0 Å². The van der Waals surface area contributed by atoms with Crippen LogP contribution in [-0.2, 0) is 11.2 Å². The molecule has 0 aromatic heterocycles. The lowest BCUT2D eigenvalue weighted by molar-refractivity contribution is -0.146. The molecule has 0 saturated carbocycles. The van der Waals surface area contributed by atoms with Gasteiger partial charge in [-0.1, -0.05) is 0 Å². The number of carbonyl (C=O) groups is 1. The Kier molecular flexibility index (Phi) is 3.79. The van der Waals surface area contributed by atoms with Crippen LogP contribution in [-0.4, -0.2) is 23.3 Å². The molecular formula is C12H14F2O4. The smallest absolute Gasteiger partial charge is 0.309 e. The number of hydrogen-bond donors (Lipinski definition) is 2. The number of carboxylic acid groups (broad SMARTS) is 1. The first-order valence-corrected chi connectivity index (χ1v) is 5.18. The summed E-state index contributed by atoms with van der Waals surface area (Å²) in [7, 11) is 1.16. The minimum absolute atomic E-state index is 0.192. The third-order valence-corrected chi connectivity index (χ3v) is 2.66. The van der Waals surface area contributed by atoms with Gasteiger partial charge in [-0.3, -0.25) is 4.79 Å². The molecule has 0 fully saturated rings. The van der Waals surface area contributed by atoms with Crippen molar-refractivity contribution < 1.29 is 28.5 Å². The van der Waals surface area contributed by atoms with E-state index in [0.29, 0.717) is 6.07 Å². The number of benzene rings is 1. The summed E-state index contributed by atoms with van der Waals surface area (Å²) >= 11 is 0. The summed E-state index contributed by atoms with van der Waals surface area (Å²) < 4.78 is 31.4. The summed E-state index contributed by atoms with van der Waals surface area (Å²) in [5.74, 6) is -4.41. The van der Waals surface area contributed by atoms with Gasteiger partial charge >= 0.3 is 5.97 Å². The molecule has 1 aromatic rings. The molecule has 0 bridgehead atoms. The molecule has 0 atom stereocenters. The lowest BCUT2D eigenvalue weighted by atomic mass is 9.85. The van der Waals surface area contributed by atoms with Crippen molar-refractivity contribution in [3.8, 4) is 11.5 Å². The van der Waals surface area contributed by atoms with Crippen molar-refractivity contribution in [2.75, 3.05) is 7.11 Å². The van der Waals surface area contributed by atoms with Gasteiger partial charge in [0.25, 0.3) is 0 Å². The van der Waals surface area contributed by atoms with E-state index in [-0.39, 0.29) is 17.7 Å². The summed E-state index contributed by atoms with van der Waals surface area (Å²) in [6.07, 6.45) is -0.258. The Morgan fingerprint density at radius 3 is 2.39 bits per heavy atom. The second-order valence-corrected chi connectivity index (χ2v) is 4.57. The zero-order valence-electron chi connectivity index (χ0n) is 10.3. The lowest BCUT2D eigenvalue weighted by Gasteiger charge is -2.21. The fourth-order valence-electron chi connectivity index (χ4n) is 1.54. The highest BCUT2D eigenvalue weighted by Gasteiger charge is 2.32. The SMILES string of the molecule is COc1c(F)cc(F)c(O)c1CC(C)(C)C(=O)O. The quantitative estimate of drug-likeness (QED) is 0.872. The van der Waals surface area contributed by atoms with Crippen molar-refractivity contribution in [2.45, 2.75) is 20.3 Å². The Labute approximate surface area is 103 Å². The zero-order valence-corrected chi connectivity index (χ0v) is 10.3. The summed E-state index contributed by atoms with van der Waals surface area (Å²) in [5, 5.41) is 18.6. The number of carboxylic acids is 1. The predicted molar refractivity (Wildman–Crippen MR) is 59.7 cm³/mol. The van der Waals surface area contributed by atoms with E-state index in [9.17, 15) is 18.7 Å². The summed E-state index contributed by atoms with van der Waals surface area (Å²) in [4.78, 5) is 11.0. The number of ether oxygens (including phenoxy) is 1. The van der Waals surface area contributed by atoms with Crippen LogP contribution in [0.4, 0.5) is 8.78 Å². The van der Waals surface area contributed by atoms with E-state index in [4.69, 9.17) is 9.84 Å². The highest BCUT2D eigenvalue weighted by atomic mass is 19.1. The number of aromatic hydroxyl groups is 1. The fraction of sp³-hybridized carbons (Fsp3) is 0.417. The second-order valence-electron chi connectivity index (χ2n) is 4.57. The predicted octanol–water partition coefficient (Wildman–Crippen LogP) is 2.33. The van der Waals surface area contributed by atoms with Crippen LogP contribution in [0.1, 0.15) is 19.4 Å². The number of aliphatic carboxylic acids is 1. The average molecular weight is 260 g/mol. The first kappa shape index (κ1) is 14.2. The van der Waals surface area contributed by atoms with Crippen LogP contribution < -0.4 is 4.74 Å². The Morgan fingerprint density at radius 1 is 1.39 bits per heavy atom. The van der Waals surface area contributed by atoms with Gasteiger partial charge in [-0.05, 0) is 20.3 Å². The number of halogens is 2. The molecule has 0 saturated heterocycles. The standard InChI is InChI=1S/C12H14F2O4/c1-12(2,11(16)17)5-6-9(15)7(13)4-8(14)10(6)18-3/h4,15H,5H2,1-3H3,(H,16,17). The molecule has 100 valence electrons. The van der Waals surface area contributed by atoms with Crippen LogP contribution in [0, 0.1) is 17.0 Å². The molecule has 18 heavy (non-hydrogen) atoms. The minimum atomic E-state index is -1.29. The maximum absolute atomic E-state index is 13.4. The topological polar surface area (TPSA) is 66.8 Å². The van der Waals surface area contributed by atoms with Crippen LogP contribution >= 0.6 is 0 Å². The molecule has 0 aliphatic rings. The molecule has 0 radical (unpaired) electrons. The number of hydrogen-bond acceptors (Lipinski definition) is 3. The van der Waals surface area contributed by atoms with Crippen molar-refractivity contribution in [3.05, 3.63) is 23.3 Å². The first-order valence-electron chi connectivity index (χ1n) is 5.18. The maximum atomic E-state index is 13.4. The third kappa shape index (κ3) is 2.52. The van der Waals surface area contributed by atoms with E-state index in [1.54, 1.807) is 0 Å². The fourth-order valence-corrected chi connectivity index (χ4v) is 1.54. The van der Waals surface area contributed by atoms with E-state index in [1.807, 2.05) is 0 Å². The summed E-state index contributed by atoms with van der Waals surface area (Å²) in [6.45, 7) is 2.77. The van der Waals surface area contributed by atoms with E-state index in [1.165, 1.54) is 13.8 Å². The molecule has 4 nitrogen and oxygen atoms in total. The molecule has 0 aliphatic carbocycles. The second kappa shape index (κ2) is 4.80. The molecule has 6 heteroatoms. The largest absolute Gasteiger partial charge is 0.505 e. The van der Waals surface area contributed by atoms with Gasteiger partial charge in [0.15, 0.2) is 23.1 Å². The highest BCUT2D eigenvalue weighted by Crippen LogP contribution is 2.37. The van der Waals surface area contributed by atoms with Crippen molar-refractivity contribution in [1.82, 2.24) is 0 Å². The van der Waals surface area contributed by atoms with Gasteiger partial charge in [-0.15, -0.1) is 0 Å². The number of rotatable bonds is 4. The molecule has 0 amide bonds. The van der Waals surface area contributed by atoms with Crippen LogP contribution in [0.2, 0.25) is 0 Å². The van der Waals surface area contributed by atoms with E-state index >= 15 is 0 Å². The van der Waals surface area contributed by atoms with E-state index < -0.39 is 28.8 Å². The number of phenolic OH excluding ortho intramolecular Hbond substituents is 1. The lowest BCUT2D eigenvalue weighted by Crippen LogP contribution is -2.26. The minimum Gasteiger partial charge on any atom is -0.505 e. The van der Waals surface area contributed by atoms with Crippen molar-refractivity contribution in [3.63, 3.8) is 0 Å². The summed E-state index contributed by atoms with van der Waals surface area (Å²) in [5.41, 5.74) is -1.48. The van der Waals surface area contributed by atoms with Crippen molar-refractivity contribution >= 4 is 5.97 Å². The molecule has 0 heterocycles. The van der Waals surface area contributed by atoms with E-state index in [2.05, 4.69) is 0 Å². The van der Waals surface area contributed by atoms with Gasteiger partial charge in [0.05, 0.1) is 12.5 Å². The maximum Gasteiger partial charge on any atom is 0.309 e. The van der Waals surface area contributed by atoms with Gasteiger partial charge < -0.3 is 14.9 Å². The third-order valence-electron chi connectivity index (χ3n) is 2.66. The number of methoxy groups -OCH3 is 1. The average Bonchev–Trinajstić information content (AvgIpc) is 2.25. The normalized spacial score (nSPS) is 11.4. The molecule has 1 rings (SSSR count). The molecule has 2 N–H and O–H groups in total. The first-order chi connectivity index (χ1) is 8.20. The molecule has 0 unspecified atom stereocenters. The van der Waals surface area contributed by atoms with Crippen molar-refractivity contribution in [2.24, 2.45) is 5.41 Å². The van der Waals surface area contributed by atoms with Gasteiger partial charge in [-0.2, -0.15) is 0 Å². The van der Waals surface area contributed by atoms with Crippen LogP contribution in [0.25, 0.3) is 0 Å². The van der Waals surface area contributed by atoms with Crippen LogP contribution in [0.3, 0.4) is 0 Å². The zero-order chi connectivity index (χ0) is 14.1. The Hall–Kier alpha value is -1.85. The Balaban J connectivity index is 3.35. The Morgan fingerprint density at radius 2 is 1.94 bits per heavy atom. The molecule has 1 aromatic carbocycles.